The number of halogens is 1. The van der Waals surface area contributed by atoms with Crippen LogP contribution in [0.15, 0.2) is 15.2 Å². The molecule has 4 heteroatoms. The Hall–Kier alpha value is 0.490. The van der Waals surface area contributed by atoms with Gasteiger partial charge in [-0.15, -0.1) is 0 Å². The van der Waals surface area contributed by atoms with Crippen molar-refractivity contribution in [3.05, 3.63) is 20.8 Å². The van der Waals surface area contributed by atoms with E-state index in [0.29, 0.717) is 6.04 Å². The summed E-state index contributed by atoms with van der Waals surface area (Å²) in [4.78, 5) is 0. The molecule has 1 N–H and O–H groups in total. The number of hydrogen-bond donors (Lipinski definition) is 1. The maximum atomic E-state index is 3.61. The van der Waals surface area contributed by atoms with E-state index in [1.807, 2.05) is 11.8 Å². The van der Waals surface area contributed by atoms with Crippen molar-refractivity contribution in [3.8, 4) is 0 Å². The zero-order valence-corrected chi connectivity index (χ0v) is 12.5. The highest BCUT2D eigenvalue weighted by atomic mass is 79.9. The summed E-state index contributed by atoms with van der Waals surface area (Å²) in [6.07, 6.45) is 4.56. The van der Waals surface area contributed by atoms with Crippen molar-refractivity contribution in [2.75, 3.05) is 18.6 Å². The van der Waals surface area contributed by atoms with E-state index in [4.69, 9.17) is 0 Å². The summed E-state index contributed by atoms with van der Waals surface area (Å²) in [7, 11) is 0. The van der Waals surface area contributed by atoms with Crippen molar-refractivity contribution in [2.45, 2.75) is 25.8 Å². The molecule has 1 aromatic rings. The molecule has 1 unspecified atom stereocenters. The maximum absolute atomic E-state index is 3.61. The quantitative estimate of drug-likeness (QED) is 0.806. The van der Waals surface area contributed by atoms with Gasteiger partial charge in [-0.1, -0.05) is 6.92 Å². The zero-order chi connectivity index (χ0) is 11.1. The van der Waals surface area contributed by atoms with Gasteiger partial charge >= 0.3 is 0 Å². The SMILES string of the molecule is CCCNC(CCSC)c1cscc1Br. The minimum Gasteiger partial charge on any atom is -0.310 e. The summed E-state index contributed by atoms with van der Waals surface area (Å²) in [5, 5.41) is 8.02. The van der Waals surface area contributed by atoms with Crippen LogP contribution >= 0.6 is 39.0 Å². The number of rotatable bonds is 7. The summed E-state index contributed by atoms with van der Waals surface area (Å²) in [6.45, 7) is 3.31. The van der Waals surface area contributed by atoms with Crippen molar-refractivity contribution >= 4 is 39.0 Å². The highest BCUT2D eigenvalue weighted by Gasteiger charge is 2.13. The molecule has 15 heavy (non-hydrogen) atoms. The van der Waals surface area contributed by atoms with Gasteiger partial charge in [-0.3, -0.25) is 0 Å². The Labute approximate surface area is 109 Å². The van der Waals surface area contributed by atoms with Gasteiger partial charge in [0, 0.05) is 15.9 Å². The number of thiophene rings is 1. The average molecular weight is 308 g/mol. The number of hydrogen-bond acceptors (Lipinski definition) is 3. The van der Waals surface area contributed by atoms with E-state index < -0.39 is 0 Å². The van der Waals surface area contributed by atoms with Crippen molar-refractivity contribution < 1.29 is 0 Å². The van der Waals surface area contributed by atoms with Crippen LogP contribution in [0.3, 0.4) is 0 Å². The van der Waals surface area contributed by atoms with Gasteiger partial charge in [0.1, 0.15) is 0 Å². The van der Waals surface area contributed by atoms with Crippen molar-refractivity contribution in [2.24, 2.45) is 0 Å². The van der Waals surface area contributed by atoms with E-state index in [2.05, 4.69) is 45.2 Å². The molecule has 0 amide bonds. The largest absolute Gasteiger partial charge is 0.310 e. The molecule has 0 radical (unpaired) electrons. The molecule has 1 rings (SSSR count). The van der Waals surface area contributed by atoms with Gasteiger partial charge in [0.05, 0.1) is 0 Å². The van der Waals surface area contributed by atoms with Gasteiger partial charge in [0.15, 0.2) is 0 Å². The molecule has 0 aliphatic rings. The Morgan fingerprint density at radius 1 is 1.53 bits per heavy atom. The first-order valence-electron chi connectivity index (χ1n) is 5.23. The van der Waals surface area contributed by atoms with Gasteiger partial charge in [0.2, 0.25) is 0 Å². The second-order valence-corrected chi connectivity index (χ2v) is 6.05. The fourth-order valence-corrected chi connectivity index (χ4v) is 3.56. The molecular weight excluding hydrogens is 290 g/mol. The highest BCUT2D eigenvalue weighted by Crippen LogP contribution is 2.29. The molecule has 0 fully saturated rings. The van der Waals surface area contributed by atoms with Crippen molar-refractivity contribution in [3.63, 3.8) is 0 Å². The van der Waals surface area contributed by atoms with Gasteiger partial charge in [0.25, 0.3) is 0 Å². The average Bonchev–Trinajstić information content (AvgIpc) is 2.65. The molecular formula is C11H18BrNS2. The molecule has 0 aliphatic carbocycles. The molecule has 1 nitrogen and oxygen atoms in total. The number of nitrogens with one attached hydrogen (secondary N) is 1. The Kier molecular flexibility index (Phi) is 6.97. The van der Waals surface area contributed by atoms with E-state index in [1.54, 1.807) is 11.3 Å². The predicted molar refractivity (Wildman–Crippen MR) is 76.1 cm³/mol. The minimum absolute atomic E-state index is 0.512. The van der Waals surface area contributed by atoms with Crippen LogP contribution in [0, 0.1) is 0 Å². The Balaban J connectivity index is 2.58. The molecule has 0 spiro atoms. The Morgan fingerprint density at radius 2 is 2.33 bits per heavy atom. The number of thioether (sulfide) groups is 1. The monoisotopic (exact) mass is 307 g/mol. The van der Waals surface area contributed by atoms with E-state index in [-0.39, 0.29) is 0 Å². The Morgan fingerprint density at radius 3 is 2.87 bits per heavy atom. The highest BCUT2D eigenvalue weighted by molar-refractivity contribution is 9.10. The van der Waals surface area contributed by atoms with Crippen LogP contribution in [0.5, 0.6) is 0 Å². The van der Waals surface area contributed by atoms with Crippen LogP contribution in [0.4, 0.5) is 0 Å². The van der Waals surface area contributed by atoms with Gasteiger partial charge in [-0.2, -0.15) is 23.1 Å². The van der Waals surface area contributed by atoms with Crippen LogP contribution in [-0.2, 0) is 0 Å². The van der Waals surface area contributed by atoms with Crippen LogP contribution in [0.1, 0.15) is 31.4 Å². The Bertz CT molecular complexity index is 267. The molecule has 1 aromatic heterocycles. The second-order valence-electron chi connectivity index (χ2n) is 3.46. The lowest BCUT2D eigenvalue weighted by Gasteiger charge is -2.17. The summed E-state index contributed by atoms with van der Waals surface area (Å²) in [5.74, 6) is 1.21. The maximum Gasteiger partial charge on any atom is 0.0347 e. The van der Waals surface area contributed by atoms with Crippen molar-refractivity contribution in [1.82, 2.24) is 5.32 Å². The third kappa shape index (κ3) is 4.47. The summed E-state index contributed by atoms with van der Waals surface area (Å²) >= 11 is 7.30. The van der Waals surface area contributed by atoms with E-state index in [9.17, 15) is 0 Å². The summed E-state index contributed by atoms with van der Waals surface area (Å²) in [5.41, 5.74) is 1.42. The van der Waals surface area contributed by atoms with Crippen LogP contribution in [-0.4, -0.2) is 18.6 Å². The van der Waals surface area contributed by atoms with Gasteiger partial charge in [-0.25, -0.2) is 0 Å². The fourth-order valence-electron chi connectivity index (χ4n) is 1.46. The van der Waals surface area contributed by atoms with Crippen LogP contribution < -0.4 is 5.32 Å². The van der Waals surface area contributed by atoms with Crippen molar-refractivity contribution in [1.29, 1.82) is 0 Å². The smallest absolute Gasteiger partial charge is 0.0347 e. The van der Waals surface area contributed by atoms with E-state index in [0.717, 1.165) is 6.54 Å². The third-order valence-electron chi connectivity index (χ3n) is 2.27. The second kappa shape index (κ2) is 7.71. The molecule has 0 aliphatic heterocycles. The molecule has 0 saturated heterocycles. The van der Waals surface area contributed by atoms with E-state index >= 15 is 0 Å². The topological polar surface area (TPSA) is 12.0 Å². The summed E-state index contributed by atoms with van der Waals surface area (Å²) < 4.78 is 1.25. The summed E-state index contributed by atoms with van der Waals surface area (Å²) in [6, 6.07) is 0.512. The fraction of sp³-hybridized carbons (Fsp3) is 0.636. The zero-order valence-electron chi connectivity index (χ0n) is 9.25. The normalized spacial score (nSPS) is 13.0. The molecule has 0 aromatic carbocycles. The van der Waals surface area contributed by atoms with Gasteiger partial charge in [-0.05, 0) is 58.3 Å². The van der Waals surface area contributed by atoms with Crippen LogP contribution in [0.2, 0.25) is 0 Å². The first kappa shape index (κ1) is 13.6. The minimum atomic E-state index is 0.512. The van der Waals surface area contributed by atoms with E-state index in [1.165, 1.54) is 28.6 Å². The molecule has 0 bridgehead atoms. The first-order valence-corrected chi connectivity index (χ1v) is 8.36. The van der Waals surface area contributed by atoms with Gasteiger partial charge < -0.3 is 5.32 Å². The molecule has 0 saturated carbocycles. The molecule has 1 atom stereocenters. The predicted octanol–water partition coefficient (Wildman–Crippen LogP) is 4.30. The lowest BCUT2D eigenvalue weighted by molar-refractivity contribution is 0.521. The third-order valence-corrected chi connectivity index (χ3v) is 4.66. The molecule has 86 valence electrons. The first-order chi connectivity index (χ1) is 7.29. The van der Waals surface area contributed by atoms with Crippen LogP contribution in [0.25, 0.3) is 0 Å². The lowest BCUT2D eigenvalue weighted by Crippen LogP contribution is -2.22. The standard InChI is InChI=1S/C11H18BrNS2/c1-3-5-13-11(4-6-14-2)9-7-15-8-10(9)12/h7-8,11,13H,3-6H2,1-2H3. The molecule has 1 heterocycles. The lowest BCUT2D eigenvalue weighted by atomic mass is 10.1.